The molecule has 4 aliphatic rings. The van der Waals surface area contributed by atoms with Crippen molar-refractivity contribution in [2.75, 3.05) is 6.54 Å². The standard InChI is InChI=1S/C16H22N2OS/c19-14-15-8-4-2-5-9-16(15,20-12-10-15)17-13-7-3-1-6-11-18(13)14/h10,12H,1-9,11H2. The lowest BCUT2D eigenvalue weighted by Gasteiger charge is -2.47. The molecule has 2 atom stereocenters. The Morgan fingerprint density at radius 2 is 1.95 bits per heavy atom. The second-order valence-corrected chi connectivity index (χ2v) is 7.72. The maximum absolute atomic E-state index is 13.3. The fourth-order valence-electron chi connectivity index (χ4n) is 4.31. The van der Waals surface area contributed by atoms with Crippen LogP contribution in [0.5, 0.6) is 0 Å². The summed E-state index contributed by atoms with van der Waals surface area (Å²) in [7, 11) is 0. The van der Waals surface area contributed by atoms with Crippen LogP contribution in [-0.2, 0) is 4.79 Å². The van der Waals surface area contributed by atoms with E-state index in [4.69, 9.17) is 4.99 Å². The van der Waals surface area contributed by atoms with E-state index in [-0.39, 0.29) is 10.3 Å². The summed E-state index contributed by atoms with van der Waals surface area (Å²) in [4.78, 5) is 20.3. The molecule has 1 aliphatic carbocycles. The van der Waals surface area contributed by atoms with Gasteiger partial charge in [-0.15, -0.1) is 11.8 Å². The summed E-state index contributed by atoms with van der Waals surface area (Å²) < 4.78 is 0. The number of amides is 1. The number of nitrogens with zero attached hydrogens (tertiary/aromatic N) is 2. The van der Waals surface area contributed by atoms with Crippen molar-refractivity contribution in [2.24, 2.45) is 10.4 Å². The van der Waals surface area contributed by atoms with Crippen LogP contribution in [0.15, 0.2) is 16.5 Å². The number of hydrogen-bond acceptors (Lipinski definition) is 3. The van der Waals surface area contributed by atoms with Crippen LogP contribution in [0.25, 0.3) is 0 Å². The molecule has 0 radical (unpaired) electrons. The summed E-state index contributed by atoms with van der Waals surface area (Å²) in [6.45, 7) is 0.883. The number of carbonyl (C=O) groups excluding carboxylic acids is 1. The Balaban J connectivity index is 1.85. The zero-order valence-corrected chi connectivity index (χ0v) is 12.8. The molecule has 3 heterocycles. The van der Waals surface area contributed by atoms with E-state index < -0.39 is 0 Å². The summed E-state index contributed by atoms with van der Waals surface area (Å²) in [5.41, 5.74) is -0.331. The molecule has 108 valence electrons. The SMILES string of the molecule is O=C1N2CCCCCC2=NC23CCCCCC12C=CS3. The molecule has 0 N–H and O–H groups in total. The number of rotatable bonds is 0. The van der Waals surface area contributed by atoms with Crippen LogP contribution >= 0.6 is 11.8 Å². The second-order valence-electron chi connectivity index (χ2n) is 6.53. The number of carbonyl (C=O) groups is 1. The predicted molar refractivity (Wildman–Crippen MR) is 82.6 cm³/mol. The highest BCUT2D eigenvalue weighted by atomic mass is 32.2. The largest absolute Gasteiger partial charge is 0.300 e. The van der Waals surface area contributed by atoms with Crippen molar-refractivity contribution in [3.8, 4) is 0 Å². The lowest BCUT2D eigenvalue weighted by atomic mass is 9.73. The fourth-order valence-corrected chi connectivity index (χ4v) is 5.72. The highest BCUT2D eigenvalue weighted by molar-refractivity contribution is 8.03. The number of fused-ring (bicyclic) bond motifs is 1. The van der Waals surface area contributed by atoms with Crippen molar-refractivity contribution in [3.05, 3.63) is 11.5 Å². The molecule has 4 heteroatoms. The van der Waals surface area contributed by atoms with Gasteiger partial charge in [0, 0.05) is 13.0 Å². The first-order valence-corrected chi connectivity index (χ1v) is 8.92. The highest BCUT2D eigenvalue weighted by Gasteiger charge is 2.62. The van der Waals surface area contributed by atoms with Crippen molar-refractivity contribution in [1.82, 2.24) is 4.90 Å². The lowest BCUT2D eigenvalue weighted by Crippen LogP contribution is -2.58. The number of amidine groups is 1. The molecule has 2 unspecified atom stereocenters. The predicted octanol–water partition coefficient (Wildman–Crippen LogP) is 3.71. The van der Waals surface area contributed by atoms with Crippen LogP contribution in [0.2, 0.25) is 0 Å². The number of hydrogen-bond donors (Lipinski definition) is 0. The van der Waals surface area contributed by atoms with Crippen molar-refractivity contribution < 1.29 is 4.79 Å². The third-order valence-electron chi connectivity index (χ3n) is 5.43. The van der Waals surface area contributed by atoms with E-state index in [1.807, 2.05) is 16.7 Å². The van der Waals surface area contributed by atoms with E-state index in [9.17, 15) is 4.79 Å². The third kappa shape index (κ3) is 1.60. The van der Waals surface area contributed by atoms with Crippen LogP contribution < -0.4 is 0 Å². The molecule has 1 amide bonds. The van der Waals surface area contributed by atoms with E-state index in [0.29, 0.717) is 5.91 Å². The topological polar surface area (TPSA) is 32.7 Å². The molecule has 2 fully saturated rings. The van der Waals surface area contributed by atoms with E-state index in [1.165, 1.54) is 25.7 Å². The molecular weight excluding hydrogens is 268 g/mol. The average molecular weight is 290 g/mol. The quantitative estimate of drug-likeness (QED) is 0.681. The maximum Gasteiger partial charge on any atom is 0.241 e. The smallest absolute Gasteiger partial charge is 0.241 e. The zero-order valence-electron chi connectivity index (χ0n) is 11.9. The van der Waals surface area contributed by atoms with Gasteiger partial charge in [0.1, 0.15) is 16.1 Å². The molecular formula is C16H22N2OS. The monoisotopic (exact) mass is 290 g/mol. The van der Waals surface area contributed by atoms with E-state index in [1.54, 1.807) is 0 Å². The Morgan fingerprint density at radius 1 is 1.10 bits per heavy atom. The van der Waals surface area contributed by atoms with E-state index in [0.717, 1.165) is 44.5 Å². The van der Waals surface area contributed by atoms with Crippen molar-refractivity contribution in [2.45, 2.75) is 62.7 Å². The molecule has 0 aromatic heterocycles. The van der Waals surface area contributed by atoms with Crippen LogP contribution in [0.3, 0.4) is 0 Å². The summed E-state index contributed by atoms with van der Waals surface area (Å²) in [5, 5.41) is 2.15. The Kier molecular flexibility index (Phi) is 2.99. The van der Waals surface area contributed by atoms with Crippen LogP contribution in [0, 0.1) is 5.41 Å². The fraction of sp³-hybridized carbons (Fsp3) is 0.750. The van der Waals surface area contributed by atoms with Gasteiger partial charge in [-0.05, 0) is 31.1 Å². The van der Waals surface area contributed by atoms with E-state index >= 15 is 0 Å². The van der Waals surface area contributed by atoms with Crippen molar-refractivity contribution >= 4 is 23.5 Å². The second kappa shape index (κ2) is 4.62. The van der Waals surface area contributed by atoms with Crippen LogP contribution in [-0.4, -0.2) is 28.1 Å². The number of thioether (sulfide) groups is 1. The van der Waals surface area contributed by atoms with Gasteiger partial charge < -0.3 is 0 Å². The van der Waals surface area contributed by atoms with Gasteiger partial charge in [0.25, 0.3) is 0 Å². The Bertz CT molecular complexity index is 501. The molecule has 0 spiro atoms. The zero-order chi connectivity index (χ0) is 13.6. The highest BCUT2D eigenvalue weighted by Crippen LogP contribution is 2.60. The molecule has 0 aromatic rings. The van der Waals surface area contributed by atoms with Gasteiger partial charge in [0.2, 0.25) is 5.91 Å². The first kappa shape index (κ1) is 12.9. The molecule has 1 saturated carbocycles. The minimum atomic E-state index is -0.331. The van der Waals surface area contributed by atoms with Gasteiger partial charge in [-0.3, -0.25) is 14.7 Å². The molecule has 20 heavy (non-hydrogen) atoms. The number of aliphatic imine (C=N–C) groups is 1. The molecule has 0 aromatic carbocycles. The van der Waals surface area contributed by atoms with E-state index in [2.05, 4.69) is 11.5 Å². The summed E-state index contributed by atoms with van der Waals surface area (Å²) in [6, 6.07) is 0. The third-order valence-corrected chi connectivity index (χ3v) is 6.75. The molecule has 1 saturated heterocycles. The van der Waals surface area contributed by atoms with Gasteiger partial charge in [-0.2, -0.15) is 0 Å². The summed E-state index contributed by atoms with van der Waals surface area (Å²) in [6.07, 6.45) is 12.4. The van der Waals surface area contributed by atoms with Gasteiger partial charge in [-0.1, -0.05) is 31.8 Å². The lowest BCUT2D eigenvalue weighted by molar-refractivity contribution is -0.138. The molecule has 4 rings (SSSR count). The van der Waals surface area contributed by atoms with Gasteiger partial charge in [-0.25, -0.2) is 0 Å². The normalized spacial score (nSPS) is 40.3. The first-order valence-electron chi connectivity index (χ1n) is 8.04. The Morgan fingerprint density at radius 3 is 2.90 bits per heavy atom. The van der Waals surface area contributed by atoms with Gasteiger partial charge in [0.15, 0.2) is 0 Å². The summed E-state index contributed by atoms with van der Waals surface area (Å²) in [5.74, 6) is 1.44. The molecule has 3 aliphatic heterocycles. The van der Waals surface area contributed by atoms with Gasteiger partial charge >= 0.3 is 0 Å². The minimum Gasteiger partial charge on any atom is -0.300 e. The summed E-state index contributed by atoms with van der Waals surface area (Å²) >= 11 is 1.81. The van der Waals surface area contributed by atoms with Crippen molar-refractivity contribution in [1.29, 1.82) is 0 Å². The maximum atomic E-state index is 13.3. The van der Waals surface area contributed by atoms with Crippen LogP contribution in [0.1, 0.15) is 57.8 Å². The first-order chi connectivity index (χ1) is 9.78. The Hall–Kier alpha value is -0.770. The van der Waals surface area contributed by atoms with Gasteiger partial charge in [0.05, 0.1) is 0 Å². The Labute approximate surface area is 124 Å². The van der Waals surface area contributed by atoms with Crippen molar-refractivity contribution in [3.63, 3.8) is 0 Å². The minimum absolute atomic E-state index is 0.198. The molecule has 0 bridgehead atoms. The average Bonchev–Trinajstić information content (AvgIpc) is 2.62. The van der Waals surface area contributed by atoms with Crippen LogP contribution in [0.4, 0.5) is 0 Å². The molecule has 3 nitrogen and oxygen atoms in total.